The molecule has 268 valence electrons. The number of amides is 3. The molecular formula is C39H48BrN3O7. The average molecular weight is 751 g/mol. The number of hydrogen-bond acceptors (Lipinski definition) is 7. The van der Waals surface area contributed by atoms with Crippen LogP contribution >= 0.6 is 15.9 Å². The molecule has 0 aromatic heterocycles. The Labute approximate surface area is 303 Å². The molecule has 5 rings (SSSR count). The number of fused-ring (bicyclic) bond motifs is 1. The van der Waals surface area contributed by atoms with Gasteiger partial charge in [0.15, 0.2) is 0 Å². The van der Waals surface area contributed by atoms with Crippen LogP contribution in [0, 0.1) is 11.8 Å². The molecule has 3 amide bonds. The van der Waals surface area contributed by atoms with Gasteiger partial charge < -0.3 is 29.7 Å². The number of nitrogens with one attached hydrogen (secondary N) is 1. The van der Waals surface area contributed by atoms with E-state index in [1.807, 2.05) is 69.3 Å². The van der Waals surface area contributed by atoms with Crippen LogP contribution in [0.4, 0.5) is 0 Å². The number of aliphatic hydroxyl groups excluding tert-OH is 1. The van der Waals surface area contributed by atoms with E-state index in [4.69, 9.17) is 9.47 Å². The Hall–Kier alpha value is -3.80. The number of alkyl halides is 1. The summed E-state index contributed by atoms with van der Waals surface area (Å²) < 4.78 is 13.0. The quantitative estimate of drug-likeness (QED) is 0.158. The summed E-state index contributed by atoms with van der Waals surface area (Å²) in [6, 6.07) is 15.6. The van der Waals surface area contributed by atoms with Crippen molar-refractivity contribution in [1.82, 2.24) is 15.1 Å². The zero-order chi connectivity index (χ0) is 36.4. The van der Waals surface area contributed by atoms with E-state index >= 15 is 0 Å². The number of halogens is 1. The number of carbonyl (C=O) groups excluding carboxylic acids is 4. The SMILES string of the molecule is C=CCCC(=O)N[C@@H](C)[C@H](OC(=O)[C@H]1[C@@H]2O[C@@]3(CC2Br)[C@@H]1C(=O)N([C@H](CO)c1ccccc1)[C@@H]3C(=O)N(CC=C)C(C)(C)C)c1ccccc1. The fraction of sp³-hybridized carbons (Fsp3) is 0.487. The van der Waals surface area contributed by atoms with E-state index in [0.717, 1.165) is 0 Å². The first-order valence-electron chi connectivity index (χ1n) is 17.2. The van der Waals surface area contributed by atoms with Gasteiger partial charge in [-0.2, -0.15) is 0 Å². The maximum Gasteiger partial charge on any atom is 0.313 e. The van der Waals surface area contributed by atoms with E-state index in [2.05, 4.69) is 34.4 Å². The van der Waals surface area contributed by atoms with Gasteiger partial charge in [-0.05, 0) is 51.7 Å². The molecule has 2 bridgehead atoms. The van der Waals surface area contributed by atoms with Crippen molar-refractivity contribution < 1.29 is 33.8 Å². The molecule has 3 heterocycles. The summed E-state index contributed by atoms with van der Waals surface area (Å²) in [5, 5.41) is 13.8. The molecule has 2 aromatic carbocycles. The van der Waals surface area contributed by atoms with Gasteiger partial charge in [0.1, 0.15) is 17.7 Å². The largest absolute Gasteiger partial charge is 0.455 e. The summed E-state index contributed by atoms with van der Waals surface area (Å²) in [7, 11) is 0. The fourth-order valence-electron chi connectivity index (χ4n) is 7.89. The first kappa shape index (κ1) is 37.5. The highest BCUT2D eigenvalue weighted by Gasteiger charge is 2.78. The molecule has 0 radical (unpaired) electrons. The van der Waals surface area contributed by atoms with Gasteiger partial charge in [0.05, 0.1) is 36.6 Å². The zero-order valence-corrected chi connectivity index (χ0v) is 30.8. The van der Waals surface area contributed by atoms with Crippen molar-refractivity contribution in [2.75, 3.05) is 13.2 Å². The third-order valence-corrected chi connectivity index (χ3v) is 10.9. The number of benzene rings is 2. The van der Waals surface area contributed by atoms with Gasteiger partial charge in [-0.3, -0.25) is 19.2 Å². The van der Waals surface area contributed by atoms with Gasteiger partial charge in [-0.15, -0.1) is 13.2 Å². The number of hydrogen-bond donors (Lipinski definition) is 2. The van der Waals surface area contributed by atoms with Gasteiger partial charge in [0.2, 0.25) is 17.7 Å². The Morgan fingerprint density at radius 1 is 1.10 bits per heavy atom. The van der Waals surface area contributed by atoms with Gasteiger partial charge >= 0.3 is 5.97 Å². The second kappa shape index (κ2) is 15.2. The minimum absolute atomic E-state index is 0.209. The lowest BCUT2D eigenvalue weighted by Crippen LogP contribution is -2.60. The normalized spacial score (nSPS) is 27.2. The molecule has 3 saturated heterocycles. The molecule has 0 aliphatic carbocycles. The summed E-state index contributed by atoms with van der Waals surface area (Å²) in [5.41, 5.74) is -0.698. The van der Waals surface area contributed by atoms with Crippen LogP contribution in [0.2, 0.25) is 0 Å². The highest BCUT2D eigenvalue weighted by Crippen LogP contribution is 2.61. The van der Waals surface area contributed by atoms with Crippen LogP contribution in [0.5, 0.6) is 0 Å². The van der Waals surface area contributed by atoms with Crippen LogP contribution in [0.15, 0.2) is 86.0 Å². The molecule has 50 heavy (non-hydrogen) atoms. The molecule has 2 aromatic rings. The van der Waals surface area contributed by atoms with Crippen molar-refractivity contribution in [3.8, 4) is 0 Å². The van der Waals surface area contributed by atoms with Crippen molar-refractivity contribution in [1.29, 1.82) is 0 Å². The highest BCUT2D eigenvalue weighted by molar-refractivity contribution is 9.09. The number of aliphatic hydroxyl groups is 1. The second-order valence-electron chi connectivity index (χ2n) is 14.4. The van der Waals surface area contributed by atoms with E-state index in [9.17, 15) is 24.3 Å². The maximum absolute atomic E-state index is 14.9. The van der Waals surface area contributed by atoms with E-state index in [1.165, 1.54) is 4.90 Å². The molecule has 3 aliphatic heterocycles. The number of nitrogens with zero attached hydrogens (tertiary/aromatic N) is 2. The van der Waals surface area contributed by atoms with E-state index in [-0.39, 0.29) is 29.6 Å². The standard InChI is InChI=1S/C39H48BrN3O7/c1-7-9-20-29(45)41-24(3)32(26-18-14-11-15-19-26)49-37(48)30-31-35(46)43(28(23-44)25-16-12-10-13-17-25)34(39(31)22-27(40)33(30)50-39)36(47)42(21-8-2)38(4,5)6/h7-8,10-19,24,27-28,30-34,44H,1-2,9,20-23H2,3-6H3,(H,41,45)/t24-,27?,28+,30+,31-,32-,33+,34+,39-/m0/s1. The summed E-state index contributed by atoms with van der Waals surface area (Å²) in [6.07, 6.45) is 2.71. The maximum atomic E-state index is 14.9. The van der Waals surface area contributed by atoms with E-state index in [0.29, 0.717) is 24.0 Å². The number of carbonyl (C=O) groups is 4. The predicted molar refractivity (Wildman–Crippen MR) is 193 cm³/mol. The Balaban J connectivity index is 1.57. The van der Waals surface area contributed by atoms with Gasteiger partial charge in [0.25, 0.3) is 0 Å². The Morgan fingerprint density at radius 3 is 2.28 bits per heavy atom. The van der Waals surface area contributed by atoms with Crippen LogP contribution < -0.4 is 5.32 Å². The molecule has 9 atom stereocenters. The number of likely N-dealkylation sites (tertiary alicyclic amines) is 1. The smallest absolute Gasteiger partial charge is 0.313 e. The molecule has 3 fully saturated rings. The number of ether oxygens (including phenoxy) is 2. The molecular weight excluding hydrogens is 702 g/mol. The first-order valence-corrected chi connectivity index (χ1v) is 18.1. The molecule has 0 saturated carbocycles. The molecule has 1 spiro atoms. The van der Waals surface area contributed by atoms with Crippen LogP contribution in [0.25, 0.3) is 0 Å². The summed E-state index contributed by atoms with van der Waals surface area (Å²) >= 11 is 3.74. The van der Waals surface area contributed by atoms with E-state index < -0.39 is 71.8 Å². The van der Waals surface area contributed by atoms with Crippen LogP contribution in [-0.2, 0) is 28.7 Å². The fourth-order valence-corrected chi connectivity index (χ4v) is 8.84. The molecule has 2 N–H and O–H groups in total. The second-order valence-corrected chi connectivity index (χ2v) is 15.6. The van der Waals surface area contributed by atoms with Crippen molar-refractivity contribution in [2.45, 2.75) is 93.3 Å². The number of allylic oxidation sites excluding steroid dienone is 1. The third kappa shape index (κ3) is 6.92. The first-order chi connectivity index (χ1) is 23.8. The Morgan fingerprint density at radius 2 is 1.72 bits per heavy atom. The molecule has 1 unspecified atom stereocenters. The number of esters is 1. The highest BCUT2D eigenvalue weighted by atomic mass is 79.9. The minimum Gasteiger partial charge on any atom is -0.455 e. The lowest BCUT2D eigenvalue weighted by Gasteiger charge is -2.43. The molecule has 11 heteroatoms. The van der Waals surface area contributed by atoms with Crippen LogP contribution in [0.3, 0.4) is 0 Å². The van der Waals surface area contributed by atoms with Crippen LogP contribution in [0.1, 0.15) is 70.2 Å². The van der Waals surface area contributed by atoms with Crippen molar-refractivity contribution >= 4 is 39.6 Å². The van der Waals surface area contributed by atoms with Gasteiger partial charge in [0, 0.05) is 23.3 Å². The van der Waals surface area contributed by atoms with Gasteiger partial charge in [-0.1, -0.05) is 88.7 Å². The van der Waals surface area contributed by atoms with Crippen molar-refractivity contribution in [3.05, 3.63) is 97.1 Å². The topological polar surface area (TPSA) is 125 Å². The summed E-state index contributed by atoms with van der Waals surface area (Å²) in [4.78, 5) is 59.8. The van der Waals surface area contributed by atoms with Crippen LogP contribution in [-0.4, -0.2) is 85.9 Å². The van der Waals surface area contributed by atoms with E-state index in [1.54, 1.807) is 36.1 Å². The minimum atomic E-state index is -1.38. The predicted octanol–water partition coefficient (Wildman–Crippen LogP) is 5.04. The lowest BCUT2D eigenvalue weighted by atomic mass is 9.70. The monoisotopic (exact) mass is 749 g/mol. The Kier molecular flexibility index (Phi) is 11.4. The summed E-state index contributed by atoms with van der Waals surface area (Å²) in [5.74, 6) is -3.79. The van der Waals surface area contributed by atoms with Gasteiger partial charge in [-0.25, -0.2) is 0 Å². The lowest BCUT2D eigenvalue weighted by molar-refractivity contribution is -0.162. The van der Waals surface area contributed by atoms with Crippen molar-refractivity contribution in [3.63, 3.8) is 0 Å². The van der Waals surface area contributed by atoms with Crippen molar-refractivity contribution in [2.24, 2.45) is 11.8 Å². The summed E-state index contributed by atoms with van der Waals surface area (Å²) in [6.45, 7) is 14.8. The molecule has 10 nitrogen and oxygen atoms in total. The molecule has 3 aliphatic rings. The average Bonchev–Trinajstić information content (AvgIpc) is 3.68. The third-order valence-electron chi connectivity index (χ3n) is 10.1. The zero-order valence-electron chi connectivity index (χ0n) is 29.2. The number of rotatable bonds is 14. The Bertz CT molecular complexity index is 1580.